The van der Waals surface area contributed by atoms with Gasteiger partial charge in [0.1, 0.15) is 17.9 Å². The van der Waals surface area contributed by atoms with Crippen LogP contribution in [0.25, 0.3) is 0 Å². The van der Waals surface area contributed by atoms with Crippen molar-refractivity contribution in [1.29, 1.82) is 0 Å². The topological polar surface area (TPSA) is 183 Å². The number of carboxylic acid groups (broad SMARTS) is 1. The zero-order chi connectivity index (χ0) is 25.5. The van der Waals surface area contributed by atoms with Crippen molar-refractivity contribution >= 4 is 29.5 Å². The Morgan fingerprint density at radius 2 is 2.00 bits per heavy atom. The van der Waals surface area contributed by atoms with E-state index in [0.29, 0.717) is 17.8 Å². The number of aromatic nitrogens is 5. The zero-order valence-corrected chi connectivity index (χ0v) is 19.9. The first-order chi connectivity index (χ1) is 17.4. The van der Waals surface area contributed by atoms with Gasteiger partial charge >= 0.3 is 5.97 Å². The van der Waals surface area contributed by atoms with E-state index in [-0.39, 0.29) is 43.5 Å². The van der Waals surface area contributed by atoms with Gasteiger partial charge in [0, 0.05) is 25.5 Å². The normalized spacial score (nSPS) is 18.3. The Labute approximate surface area is 207 Å². The van der Waals surface area contributed by atoms with Gasteiger partial charge in [-0.25, -0.2) is 4.98 Å². The Kier molecular flexibility index (Phi) is 8.18. The van der Waals surface area contributed by atoms with Gasteiger partial charge in [-0.1, -0.05) is 30.5 Å². The van der Waals surface area contributed by atoms with E-state index in [0.717, 1.165) is 32.1 Å². The molecule has 1 saturated carbocycles. The minimum Gasteiger partial charge on any atom is -0.481 e. The lowest BCUT2D eigenvalue weighted by Crippen LogP contribution is -2.55. The number of hydrogen-bond donors (Lipinski definition) is 4. The van der Waals surface area contributed by atoms with E-state index < -0.39 is 29.9 Å². The number of aromatic amines is 1. The van der Waals surface area contributed by atoms with Gasteiger partial charge in [-0.15, -0.1) is 10.2 Å². The molecule has 0 bridgehead atoms. The molecule has 2 atom stereocenters. The summed E-state index contributed by atoms with van der Waals surface area (Å²) >= 11 is 0. The minimum absolute atomic E-state index is 0.0121. The molecule has 36 heavy (non-hydrogen) atoms. The molecular formula is C23H30N8O5. The monoisotopic (exact) mass is 498 g/mol. The molecule has 1 aliphatic carbocycles. The number of carboxylic acids is 1. The third kappa shape index (κ3) is 6.20. The third-order valence-electron chi connectivity index (χ3n) is 6.65. The van der Waals surface area contributed by atoms with Gasteiger partial charge in [0.25, 0.3) is 5.91 Å². The second-order valence-electron chi connectivity index (χ2n) is 9.22. The lowest BCUT2D eigenvalue weighted by Gasteiger charge is -2.29. The van der Waals surface area contributed by atoms with Gasteiger partial charge < -0.3 is 15.7 Å². The summed E-state index contributed by atoms with van der Waals surface area (Å²) < 4.78 is 0. The van der Waals surface area contributed by atoms with Crippen molar-refractivity contribution in [1.82, 2.24) is 36.2 Å². The Morgan fingerprint density at radius 1 is 1.19 bits per heavy atom. The smallest absolute Gasteiger partial charge is 0.303 e. The molecule has 13 nitrogen and oxygen atoms in total. The summed E-state index contributed by atoms with van der Waals surface area (Å²) in [6.45, 7) is 0.0121. The Morgan fingerprint density at radius 3 is 2.72 bits per heavy atom. The lowest BCUT2D eigenvalue weighted by molar-refractivity contribution is -0.138. The van der Waals surface area contributed by atoms with Crippen LogP contribution in [-0.4, -0.2) is 66.5 Å². The molecule has 0 radical (unpaired) electrons. The number of anilines is 1. The van der Waals surface area contributed by atoms with Crippen LogP contribution < -0.4 is 15.5 Å². The molecular weight excluding hydrogens is 468 g/mol. The Balaban J connectivity index is 1.51. The van der Waals surface area contributed by atoms with Crippen LogP contribution in [0.4, 0.5) is 5.82 Å². The number of hydrogen-bond acceptors (Lipinski definition) is 8. The molecule has 0 aromatic carbocycles. The maximum absolute atomic E-state index is 13.8. The maximum atomic E-state index is 13.8. The highest BCUT2D eigenvalue weighted by Gasteiger charge is 2.42. The van der Waals surface area contributed by atoms with Crippen molar-refractivity contribution in [2.45, 2.75) is 76.4 Å². The van der Waals surface area contributed by atoms with Crippen LogP contribution in [0.5, 0.6) is 0 Å². The first-order valence-corrected chi connectivity index (χ1v) is 12.2. The quantitative estimate of drug-likeness (QED) is 0.362. The average Bonchev–Trinajstić information content (AvgIpc) is 3.53. The number of H-pyrrole nitrogens is 1. The highest BCUT2D eigenvalue weighted by molar-refractivity contribution is 6.06. The van der Waals surface area contributed by atoms with E-state index in [1.54, 1.807) is 12.1 Å². The number of fused-ring (bicyclic) bond motifs is 1. The fourth-order valence-corrected chi connectivity index (χ4v) is 4.86. The van der Waals surface area contributed by atoms with E-state index in [4.69, 9.17) is 0 Å². The Bertz CT molecular complexity index is 1090. The van der Waals surface area contributed by atoms with E-state index in [1.807, 2.05) is 0 Å². The van der Waals surface area contributed by atoms with Crippen LogP contribution in [0.3, 0.4) is 0 Å². The first-order valence-electron chi connectivity index (χ1n) is 12.2. The average molecular weight is 499 g/mol. The lowest BCUT2D eigenvalue weighted by atomic mass is 9.87. The van der Waals surface area contributed by atoms with Gasteiger partial charge in [0.15, 0.2) is 5.82 Å². The second kappa shape index (κ2) is 11.7. The molecule has 13 heteroatoms. The van der Waals surface area contributed by atoms with Crippen molar-refractivity contribution in [2.24, 2.45) is 5.92 Å². The summed E-state index contributed by atoms with van der Waals surface area (Å²) in [5.74, 6) is -1.52. The number of tetrazole rings is 1. The molecule has 2 aromatic rings. The predicted molar refractivity (Wildman–Crippen MR) is 125 cm³/mol. The molecule has 4 rings (SSSR count). The number of nitrogens with zero attached hydrogens (tertiary/aromatic N) is 5. The largest absolute Gasteiger partial charge is 0.481 e. The van der Waals surface area contributed by atoms with Gasteiger partial charge in [-0.3, -0.25) is 24.1 Å². The molecule has 1 fully saturated rings. The molecule has 0 spiro atoms. The molecule has 3 amide bonds. The highest BCUT2D eigenvalue weighted by atomic mass is 16.4. The fraction of sp³-hybridized carbons (Fsp3) is 0.565. The molecule has 3 heterocycles. The van der Waals surface area contributed by atoms with E-state index in [9.17, 15) is 24.3 Å². The van der Waals surface area contributed by atoms with Crippen LogP contribution in [-0.2, 0) is 32.1 Å². The predicted octanol–water partition coefficient (Wildman–Crippen LogP) is 0.489. The van der Waals surface area contributed by atoms with Gasteiger partial charge in [-0.05, 0) is 36.8 Å². The summed E-state index contributed by atoms with van der Waals surface area (Å²) in [4.78, 5) is 56.6. The molecule has 1 aliphatic heterocycles. The summed E-state index contributed by atoms with van der Waals surface area (Å²) in [5, 5.41) is 28.0. The van der Waals surface area contributed by atoms with Crippen molar-refractivity contribution in [3.05, 3.63) is 29.7 Å². The summed E-state index contributed by atoms with van der Waals surface area (Å²) in [6, 6.07) is 1.48. The van der Waals surface area contributed by atoms with Crippen molar-refractivity contribution in [3.63, 3.8) is 0 Å². The summed E-state index contributed by atoms with van der Waals surface area (Å²) in [5.41, 5.74) is 0.705. The standard InChI is InChI=1S/C23H30N8O5/c32-19(11-14-5-2-1-3-6-14)26-16(8-9-20(33)34)23(36)31-17(12-15-7-4-10-24-21(15)31)22(35)25-13-18-27-29-30-28-18/h4,7,10,14,16-17H,1-3,5-6,8-9,11-13H2,(H,25,35)(H,26,32)(H,33,34)(H,27,28,29,30)/t16?,17-/m0/s1. The van der Waals surface area contributed by atoms with Gasteiger partial charge in [0.2, 0.25) is 11.8 Å². The molecule has 0 saturated heterocycles. The summed E-state index contributed by atoms with van der Waals surface area (Å²) in [7, 11) is 0. The van der Waals surface area contributed by atoms with Crippen LogP contribution in [0.1, 0.15) is 62.8 Å². The van der Waals surface area contributed by atoms with Crippen molar-refractivity contribution < 1.29 is 24.3 Å². The second-order valence-corrected chi connectivity index (χ2v) is 9.22. The maximum Gasteiger partial charge on any atom is 0.303 e. The number of carbonyl (C=O) groups is 4. The van der Waals surface area contributed by atoms with E-state index in [2.05, 4.69) is 36.2 Å². The van der Waals surface area contributed by atoms with Crippen molar-refractivity contribution in [3.8, 4) is 0 Å². The van der Waals surface area contributed by atoms with Crippen LogP contribution >= 0.6 is 0 Å². The number of rotatable bonds is 10. The first kappa shape index (κ1) is 25.2. The SMILES string of the molecule is O=C(O)CCC(NC(=O)CC1CCCCC1)C(=O)N1c2ncccc2C[C@H]1C(=O)NCc1nn[nH]n1. The number of pyridine rings is 1. The number of aliphatic carboxylic acids is 1. The number of carbonyl (C=O) groups excluding carboxylic acids is 3. The number of nitrogens with one attached hydrogen (secondary N) is 3. The van der Waals surface area contributed by atoms with Crippen LogP contribution in [0.2, 0.25) is 0 Å². The van der Waals surface area contributed by atoms with Gasteiger partial charge in [-0.2, -0.15) is 5.21 Å². The highest BCUT2D eigenvalue weighted by Crippen LogP contribution is 2.31. The fourth-order valence-electron chi connectivity index (χ4n) is 4.86. The molecule has 4 N–H and O–H groups in total. The van der Waals surface area contributed by atoms with E-state index >= 15 is 0 Å². The summed E-state index contributed by atoms with van der Waals surface area (Å²) in [6.07, 6.45) is 6.89. The Hall–Kier alpha value is -3.90. The van der Waals surface area contributed by atoms with Crippen LogP contribution in [0.15, 0.2) is 18.3 Å². The third-order valence-corrected chi connectivity index (χ3v) is 6.65. The van der Waals surface area contributed by atoms with Gasteiger partial charge in [0.05, 0.1) is 6.54 Å². The molecule has 192 valence electrons. The number of amides is 3. The zero-order valence-electron chi connectivity index (χ0n) is 19.9. The minimum atomic E-state index is -1.10. The molecule has 2 aliphatic rings. The molecule has 2 aromatic heterocycles. The van der Waals surface area contributed by atoms with Crippen LogP contribution in [0, 0.1) is 5.92 Å². The van der Waals surface area contributed by atoms with E-state index in [1.165, 1.54) is 11.1 Å². The molecule has 1 unspecified atom stereocenters. The van der Waals surface area contributed by atoms with Crippen molar-refractivity contribution in [2.75, 3.05) is 4.90 Å².